The molecule has 0 radical (unpaired) electrons. The molecule has 1 aromatic carbocycles. The fourth-order valence-electron chi connectivity index (χ4n) is 1.72. The van der Waals surface area contributed by atoms with Crippen molar-refractivity contribution in [1.29, 1.82) is 0 Å². The molecule has 0 fully saturated rings. The number of aromatic nitrogens is 2. The van der Waals surface area contributed by atoms with E-state index in [1.54, 1.807) is 25.4 Å². The number of fused-ring (bicyclic) bond motifs is 1. The molecule has 19 heavy (non-hydrogen) atoms. The Morgan fingerprint density at radius 1 is 1.42 bits per heavy atom. The molecule has 6 nitrogen and oxygen atoms in total. The number of rotatable bonds is 5. The first-order chi connectivity index (χ1) is 9.22. The van der Waals surface area contributed by atoms with E-state index >= 15 is 0 Å². The zero-order valence-corrected chi connectivity index (χ0v) is 10.6. The monoisotopic (exact) mass is 261 g/mol. The van der Waals surface area contributed by atoms with Crippen LogP contribution in [-0.4, -0.2) is 35.9 Å². The van der Waals surface area contributed by atoms with Crippen LogP contribution in [0.1, 0.15) is 0 Å². The van der Waals surface area contributed by atoms with Gasteiger partial charge in [0, 0.05) is 19.0 Å². The van der Waals surface area contributed by atoms with E-state index in [1.165, 1.54) is 0 Å². The van der Waals surface area contributed by atoms with Crippen LogP contribution in [0.15, 0.2) is 35.3 Å². The van der Waals surface area contributed by atoms with Gasteiger partial charge < -0.3 is 10.1 Å². The second kappa shape index (κ2) is 6.10. The number of hydrogen-bond acceptors (Lipinski definition) is 4. The molecule has 0 aliphatic heterocycles. The third-order valence-corrected chi connectivity index (χ3v) is 2.68. The van der Waals surface area contributed by atoms with Gasteiger partial charge in [-0.1, -0.05) is 18.2 Å². The number of carbonyl (C=O) groups excluding carboxylic acids is 1. The highest BCUT2D eigenvalue weighted by atomic mass is 16.5. The first kappa shape index (κ1) is 13.2. The minimum absolute atomic E-state index is 0.0899. The van der Waals surface area contributed by atoms with Gasteiger partial charge in [-0.25, -0.2) is 4.68 Å². The lowest BCUT2D eigenvalue weighted by atomic mass is 10.2. The lowest BCUT2D eigenvalue weighted by Crippen LogP contribution is -2.35. The van der Waals surface area contributed by atoms with Gasteiger partial charge in [-0.15, -0.1) is 0 Å². The van der Waals surface area contributed by atoms with Crippen LogP contribution in [0.4, 0.5) is 0 Å². The van der Waals surface area contributed by atoms with Crippen LogP contribution in [0.5, 0.6) is 0 Å². The van der Waals surface area contributed by atoms with Crippen molar-refractivity contribution in [3.63, 3.8) is 0 Å². The number of nitrogens with zero attached hydrogens (tertiary/aromatic N) is 2. The predicted molar refractivity (Wildman–Crippen MR) is 70.9 cm³/mol. The van der Waals surface area contributed by atoms with E-state index in [0.29, 0.717) is 18.5 Å². The third kappa shape index (κ3) is 3.17. The average Bonchev–Trinajstić information content (AvgIpc) is 2.43. The first-order valence-electron chi connectivity index (χ1n) is 5.93. The fourth-order valence-corrected chi connectivity index (χ4v) is 1.72. The van der Waals surface area contributed by atoms with Crippen molar-refractivity contribution >= 4 is 16.7 Å². The number of hydrogen-bond donors (Lipinski definition) is 1. The Hall–Kier alpha value is -2.21. The van der Waals surface area contributed by atoms with E-state index in [0.717, 1.165) is 10.1 Å². The molecule has 2 rings (SSSR count). The van der Waals surface area contributed by atoms with Crippen LogP contribution in [0.3, 0.4) is 0 Å². The van der Waals surface area contributed by atoms with E-state index in [-0.39, 0.29) is 18.0 Å². The maximum Gasteiger partial charge on any atom is 0.275 e. The molecule has 2 aromatic rings. The van der Waals surface area contributed by atoms with Crippen LogP contribution in [-0.2, 0) is 16.1 Å². The zero-order chi connectivity index (χ0) is 13.7. The van der Waals surface area contributed by atoms with Crippen LogP contribution in [0, 0.1) is 0 Å². The fraction of sp³-hybridized carbons (Fsp3) is 0.308. The number of ether oxygens (including phenoxy) is 1. The maximum absolute atomic E-state index is 12.1. The summed E-state index contributed by atoms with van der Waals surface area (Å²) in [6, 6.07) is 7.16. The molecule has 6 heteroatoms. The maximum atomic E-state index is 12.1. The lowest BCUT2D eigenvalue weighted by molar-refractivity contribution is -0.122. The SMILES string of the molecule is COCCNC(=O)Cn1ncc2ccccc2c1=O. The summed E-state index contributed by atoms with van der Waals surface area (Å²) >= 11 is 0. The van der Waals surface area contributed by atoms with Crippen molar-refractivity contribution in [1.82, 2.24) is 15.1 Å². The van der Waals surface area contributed by atoms with Crippen LogP contribution < -0.4 is 10.9 Å². The molecule has 0 saturated heterocycles. The molecular formula is C13H15N3O3. The summed E-state index contributed by atoms with van der Waals surface area (Å²) in [6.07, 6.45) is 1.58. The van der Waals surface area contributed by atoms with Crippen LogP contribution in [0.2, 0.25) is 0 Å². The standard InChI is InChI=1S/C13H15N3O3/c1-19-7-6-14-12(17)9-16-13(18)11-5-3-2-4-10(11)8-15-16/h2-5,8H,6-7,9H2,1H3,(H,14,17). The first-order valence-corrected chi connectivity index (χ1v) is 5.93. The van der Waals surface area contributed by atoms with Gasteiger partial charge in [0.05, 0.1) is 18.2 Å². The van der Waals surface area contributed by atoms with Gasteiger partial charge in [0.25, 0.3) is 5.56 Å². The van der Waals surface area contributed by atoms with Gasteiger partial charge >= 0.3 is 0 Å². The molecule has 0 aliphatic carbocycles. The Morgan fingerprint density at radius 2 is 2.21 bits per heavy atom. The molecule has 0 unspecified atom stereocenters. The topological polar surface area (TPSA) is 73.2 Å². The third-order valence-electron chi connectivity index (χ3n) is 2.68. The Morgan fingerprint density at radius 3 is 3.00 bits per heavy atom. The molecule has 1 amide bonds. The van der Waals surface area contributed by atoms with Gasteiger partial charge in [-0.2, -0.15) is 5.10 Å². The summed E-state index contributed by atoms with van der Waals surface area (Å²) in [7, 11) is 1.56. The van der Waals surface area contributed by atoms with Crippen molar-refractivity contribution in [3.8, 4) is 0 Å². The molecule has 1 aromatic heterocycles. The van der Waals surface area contributed by atoms with Crippen LogP contribution >= 0.6 is 0 Å². The lowest BCUT2D eigenvalue weighted by Gasteiger charge is -2.06. The number of nitrogens with one attached hydrogen (secondary N) is 1. The van der Waals surface area contributed by atoms with Crippen LogP contribution in [0.25, 0.3) is 10.8 Å². The minimum Gasteiger partial charge on any atom is -0.383 e. The zero-order valence-electron chi connectivity index (χ0n) is 10.6. The molecule has 100 valence electrons. The summed E-state index contributed by atoms with van der Waals surface area (Å²) in [5.74, 6) is -0.262. The summed E-state index contributed by atoms with van der Waals surface area (Å²) in [5.41, 5.74) is -0.264. The van der Waals surface area contributed by atoms with Crippen molar-refractivity contribution in [3.05, 3.63) is 40.8 Å². The predicted octanol–water partition coefficient (Wildman–Crippen LogP) is 0.159. The molecule has 0 saturated carbocycles. The quantitative estimate of drug-likeness (QED) is 0.778. The highest BCUT2D eigenvalue weighted by Crippen LogP contribution is 2.05. The van der Waals surface area contributed by atoms with Gasteiger partial charge in [0.2, 0.25) is 5.91 Å². The van der Waals surface area contributed by atoms with Crippen molar-refractivity contribution in [2.75, 3.05) is 20.3 Å². The van der Waals surface area contributed by atoms with E-state index < -0.39 is 0 Å². The number of methoxy groups -OCH3 is 1. The second-order valence-electron chi connectivity index (χ2n) is 4.04. The van der Waals surface area contributed by atoms with E-state index in [9.17, 15) is 9.59 Å². The second-order valence-corrected chi connectivity index (χ2v) is 4.04. The summed E-state index contributed by atoms with van der Waals surface area (Å²) in [4.78, 5) is 23.7. The minimum atomic E-state index is -0.264. The van der Waals surface area contributed by atoms with Gasteiger partial charge in [0.15, 0.2) is 0 Å². The van der Waals surface area contributed by atoms with Gasteiger partial charge in [0.1, 0.15) is 6.54 Å². The van der Waals surface area contributed by atoms with Crippen molar-refractivity contribution < 1.29 is 9.53 Å². The molecule has 0 atom stereocenters. The Bertz CT molecular complexity index is 636. The molecule has 1 N–H and O–H groups in total. The smallest absolute Gasteiger partial charge is 0.275 e. The molecule has 0 bridgehead atoms. The van der Waals surface area contributed by atoms with E-state index in [1.807, 2.05) is 12.1 Å². The van der Waals surface area contributed by atoms with Gasteiger partial charge in [-0.05, 0) is 6.07 Å². The number of benzene rings is 1. The van der Waals surface area contributed by atoms with Crippen molar-refractivity contribution in [2.45, 2.75) is 6.54 Å². The Labute approximate surface area is 110 Å². The summed E-state index contributed by atoms with van der Waals surface area (Å²) < 4.78 is 5.98. The molecular weight excluding hydrogens is 246 g/mol. The number of amides is 1. The van der Waals surface area contributed by atoms with Crippen molar-refractivity contribution in [2.24, 2.45) is 0 Å². The average molecular weight is 261 g/mol. The van der Waals surface area contributed by atoms with E-state index in [2.05, 4.69) is 10.4 Å². The van der Waals surface area contributed by atoms with E-state index in [4.69, 9.17) is 4.74 Å². The summed E-state index contributed by atoms with van der Waals surface area (Å²) in [5, 5.41) is 7.96. The molecule has 1 heterocycles. The Kier molecular flexibility index (Phi) is 4.25. The molecule has 0 aliphatic rings. The highest BCUT2D eigenvalue weighted by molar-refractivity contribution is 5.81. The summed E-state index contributed by atoms with van der Waals surface area (Å²) in [6.45, 7) is 0.761. The molecule has 0 spiro atoms. The highest BCUT2D eigenvalue weighted by Gasteiger charge is 2.07. The number of carbonyl (C=O) groups is 1. The normalized spacial score (nSPS) is 10.6. The Balaban J connectivity index is 2.15. The largest absolute Gasteiger partial charge is 0.383 e. The van der Waals surface area contributed by atoms with Gasteiger partial charge in [-0.3, -0.25) is 9.59 Å².